The van der Waals surface area contributed by atoms with Crippen molar-refractivity contribution in [1.82, 2.24) is 15.6 Å². The molecule has 0 spiro atoms. The zero-order chi connectivity index (χ0) is 18.6. The van der Waals surface area contributed by atoms with Gasteiger partial charge in [-0.1, -0.05) is 44.2 Å². The number of thiazole rings is 1. The fourth-order valence-electron chi connectivity index (χ4n) is 2.42. The second-order valence-electron chi connectivity index (χ2n) is 6.31. The van der Waals surface area contributed by atoms with E-state index < -0.39 is 0 Å². The van der Waals surface area contributed by atoms with E-state index >= 15 is 0 Å². The molecule has 2 rings (SSSR count). The molecule has 5 nitrogen and oxygen atoms in total. The van der Waals surface area contributed by atoms with Crippen LogP contribution in [0.4, 0.5) is 0 Å². The summed E-state index contributed by atoms with van der Waals surface area (Å²) in [5.74, 6) is 1.23. The molecule has 1 heterocycles. The number of rotatable bonds is 10. The molecule has 6 heteroatoms. The summed E-state index contributed by atoms with van der Waals surface area (Å²) in [5.41, 5.74) is 1.21. The summed E-state index contributed by atoms with van der Waals surface area (Å²) in [7, 11) is 1.80. The fourth-order valence-corrected chi connectivity index (χ4v) is 3.28. The smallest absolute Gasteiger partial charge is 0.191 e. The topological polar surface area (TPSA) is 58.5 Å². The number of nitrogens with zero attached hydrogens (tertiary/aromatic N) is 2. The quantitative estimate of drug-likeness (QED) is 0.495. The highest BCUT2D eigenvalue weighted by Crippen LogP contribution is 2.13. The van der Waals surface area contributed by atoms with E-state index in [2.05, 4.69) is 46.6 Å². The Morgan fingerprint density at radius 2 is 2.08 bits per heavy atom. The van der Waals surface area contributed by atoms with E-state index in [-0.39, 0.29) is 0 Å². The molecule has 0 aliphatic heterocycles. The Morgan fingerprint density at radius 1 is 1.27 bits per heavy atom. The molecule has 2 N–H and O–H groups in total. The summed E-state index contributed by atoms with van der Waals surface area (Å²) >= 11 is 1.79. The summed E-state index contributed by atoms with van der Waals surface area (Å²) in [4.78, 5) is 10.1. The number of hydrogen-bond donors (Lipinski definition) is 2. The van der Waals surface area contributed by atoms with Crippen molar-refractivity contribution in [2.75, 3.05) is 26.7 Å². The van der Waals surface area contributed by atoms with Gasteiger partial charge in [0.05, 0.1) is 18.2 Å². The van der Waals surface area contributed by atoms with E-state index in [9.17, 15) is 0 Å². The third-order valence-electron chi connectivity index (χ3n) is 3.94. The first-order valence-corrected chi connectivity index (χ1v) is 10.0. The van der Waals surface area contributed by atoms with E-state index in [1.165, 1.54) is 15.4 Å². The molecule has 1 unspecified atom stereocenters. The van der Waals surface area contributed by atoms with Gasteiger partial charge in [0.15, 0.2) is 5.96 Å². The zero-order valence-corrected chi connectivity index (χ0v) is 16.8. The number of aliphatic imine (C=N–C) groups is 1. The van der Waals surface area contributed by atoms with Crippen molar-refractivity contribution in [3.8, 4) is 0 Å². The van der Waals surface area contributed by atoms with Crippen molar-refractivity contribution in [2.45, 2.75) is 33.3 Å². The van der Waals surface area contributed by atoms with Crippen molar-refractivity contribution in [3.63, 3.8) is 0 Å². The number of nitrogens with one attached hydrogen (secondary N) is 2. The summed E-state index contributed by atoms with van der Waals surface area (Å²) in [5, 5.41) is 7.88. The van der Waals surface area contributed by atoms with Crippen LogP contribution in [0.25, 0.3) is 0 Å². The van der Waals surface area contributed by atoms with Crippen LogP contribution in [0.1, 0.15) is 29.3 Å². The minimum absolute atomic E-state index is 0.406. The van der Waals surface area contributed by atoms with Crippen LogP contribution in [0.2, 0.25) is 0 Å². The Balaban J connectivity index is 1.59. The molecule has 2 aromatic rings. The SMILES string of the molecule is CCc1cnc(CCNC(=NC)NCC(C)COCc2ccccc2)s1. The van der Waals surface area contributed by atoms with E-state index in [1.807, 2.05) is 24.4 Å². The fraction of sp³-hybridized carbons (Fsp3) is 0.500. The molecule has 0 saturated heterocycles. The van der Waals surface area contributed by atoms with Gasteiger partial charge in [-0.15, -0.1) is 11.3 Å². The molecule has 1 atom stereocenters. The highest BCUT2D eigenvalue weighted by molar-refractivity contribution is 7.11. The molecule has 0 amide bonds. The molecule has 0 saturated carbocycles. The maximum absolute atomic E-state index is 5.79. The highest BCUT2D eigenvalue weighted by Gasteiger charge is 2.05. The van der Waals surface area contributed by atoms with Crippen LogP contribution in [-0.2, 0) is 24.2 Å². The molecule has 0 bridgehead atoms. The predicted octanol–water partition coefficient (Wildman–Crippen LogP) is 3.27. The first-order chi connectivity index (χ1) is 12.7. The molecule has 0 fully saturated rings. The Kier molecular flexibility index (Phi) is 9.14. The molecular weight excluding hydrogens is 344 g/mol. The largest absolute Gasteiger partial charge is 0.376 e. The maximum Gasteiger partial charge on any atom is 0.191 e. The standard InChI is InChI=1S/C20H30N4OS/c1-4-18-13-23-19(26-18)10-11-22-20(21-3)24-12-16(2)14-25-15-17-8-6-5-7-9-17/h5-9,13,16H,4,10-12,14-15H2,1-3H3,(H2,21,22,24). The number of aryl methyl sites for hydroxylation is 1. The van der Waals surface area contributed by atoms with Crippen LogP contribution < -0.4 is 10.6 Å². The van der Waals surface area contributed by atoms with Crippen molar-refractivity contribution in [1.29, 1.82) is 0 Å². The van der Waals surface area contributed by atoms with Gasteiger partial charge < -0.3 is 15.4 Å². The summed E-state index contributed by atoms with van der Waals surface area (Å²) in [6.45, 7) is 7.36. The van der Waals surface area contributed by atoms with Gasteiger partial charge in [-0.25, -0.2) is 4.98 Å². The lowest BCUT2D eigenvalue weighted by atomic mass is 10.2. The van der Waals surface area contributed by atoms with Crippen molar-refractivity contribution >= 4 is 17.3 Å². The molecule has 1 aromatic heterocycles. The van der Waals surface area contributed by atoms with Crippen molar-refractivity contribution in [3.05, 3.63) is 52.0 Å². The Bertz CT molecular complexity index is 657. The molecular formula is C20H30N4OS. The normalized spacial score (nSPS) is 12.8. The van der Waals surface area contributed by atoms with Crippen LogP contribution in [0.5, 0.6) is 0 Å². The summed E-state index contributed by atoms with van der Waals surface area (Å²) in [6, 6.07) is 10.3. The number of aromatic nitrogens is 1. The molecule has 1 aromatic carbocycles. The third kappa shape index (κ3) is 7.54. The first kappa shape index (κ1) is 20.4. The molecule has 0 radical (unpaired) electrons. The highest BCUT2D eigenvalue weighted by atomic mass is 32.1. The van der Waals surface area contributed by atoms with Crippen LogP contribution in [0.3, 0.4) is 0 Å². The van der Waals surface area contributed by atoms with Gasteiger partial charge in [-0.05, 0) is 17.9 Å². The van der Waals surface area contributed by atoms with E-state index in [0.717, 1.165) is 38.5 Å². The predicted molar refractivity (Wildman–Crippen MR) is 110 cm³/mol. The van der Waals surface area contributed by atoms with Crippen LogP contribution >= 0.6 is 11.3 Å². The summed E-state index contributed by atoms with van der Waals surface area (Å²) < 4.78 is 5.79. The van der Waals surface area contributed by atoms with Crippen LogP contribution in [0.15, 0.2) is 41.5 Å². The van der Waals surface area contributed by atoms with E-state index in [0.29, 0.717) is 12.5 Å². The Morgan fingerprint density at radius 3 is 2.77 bits per heavy atom. The van der Waals surface area contributed by atoms with Crippen LogP contribution in [0, 0.1) is 5.92 Å². The van der Waals surface area contributed by atoms with E-state index in [1.54, 1.807) is 18.4 Å². The minimum Gasteiger partial charge on any atom is -0.376 e. The van der Waals surface area contributed by atoms with Gasteiger partial charge in [0, 0.05) is 37.6 Å². The van der Waals surface area contributed by atoms with Gasteiger partial charge in [0.25, 0.3) is 0 Å². The van der Waals surface area contributed by atoms with Gasteiger partial charge >= 0.3 is 0 Å². The van der Waals surface area contributed by atoms with Gasteiger partial charge in [-0.3, -0.25) is 4.99 Å². The summed E-state index contributed by atoms with van der Waals surface area (Å²) in [6.07, 6.45) is 3.95. The molecule has 0 aliphatic carbocycles. The molecule has 26 heavy (non-hydrogen) atoms. The second kappa shape index (κ2) is 11.6. The Hall–Kier alpha value is -1.92. The average molecular weight is 375 g/mol. The van der Waals surface area contributed by atoms with Crippen LogP contribution in [-0.4, -0.2) is 37.7 Å². The number of hydrogen-bond acceptors (Lipinski definition) is 4. The van der Waals surface area contributed by atoms with Gasteiger partial charge in [0.1, 0.15) is 0 Å². The monoisotopic (exact) mass is 374 g/mol. The lowest BCUT2D eigenvalue weighted by Crippen LogP contribution is -2.40. The van der Waals surface area contributed by atoms with Crippen molar-refractivity contribution in [2.24, 2.45) is 10.9 Å². The number of guanidine groups is 1. The van der Waals surface area contributed by atoms with Gasteiger partial charge in [0.2, 0.25) is 0 Å². The zero-order valence-electron chi connectivity index (χ0n) is 16.0. The Labute approximate surface area is 160 Å². The number of benzene rings is 1. The maximum atomic E-state index is 5.79. The second-order valence-corrected chi connectivity index (χ2v) is 7.51. The first-order valence-electron chi connectivity index (χ1n) is 9.21. The third-order valence-corrected chi connectivity index (χ3v) is 5.14. The molecule has 0 aliphatic rings. The molecule has 142 valence electrons. The lowest BCUT2D eigenvalue weighted by molar-refractivity contribution is 0.0931. The minimum atomic E-state index is 0.406. The average Bonchev–Trinajstić information content (AvgIpc) is 3.13. The number of ether oxygens (including phenoxy) is 1. The van der Waals surface area contributed by atoms with Gasteiger partial charge in [-0.2, -0.15) is 0 Å². The lowest BCUT2D eigenvalue weighted by Gasteiger charge is -2.16. The van der Waals surface area contributed by atoms with Crippen molar-refractivity contribution < 1.29 is 4.74 Å². The van der Waals surface area contributed by atoms with E-state index in [4.69, 9.17) is 4.74 Å².